The number of aromatic nitrogens is 1. The molecule has 4 rings (SSSR count). The smallest absolute Gasteiger partial charge is 0.232 e. The highest BCUT2D eigenvalue weighted by Crippen LogP contribution is 2.42. The minimum Gasteiger partial charge on any atom is -0.301 e. The molecule has 1 N–H and O–H groups in total. The fourth-order valence-corrected chi connectivity index (χ4v) is 4.49. The van der Waals surface area contributed by atoms with Crippen LogP contribution in [0.2, 0.25) is 0 Å². The topological polar surface area (TPSA) is 42.0 Å². The lowest BCUT2D eigenvalue weighted by Crippen LogP contribution is -2.37. The van der Waals surface area contributed by atoms with Gasteiger partial charge >= 0.3 is 0 Å². The van der Waals surface area contributed by atoms with E-state index in [1.807, 2.05) is 74.5 Å². The predicted molar refractivity (Wildman–Crippen MR) is 117 cm³/mol. The maximum atomic E-state index is 13.4. The van der Waals surface area contributed by atoms with Gasteiger partial charge in [0, 0.05) is 5.92 Å². The van der Waals surface area contributed by atoms with Crippen molar-refractivity contribution in [1.82, 2.24) is 4.98 Å². The van der Waals surface area contributed by atoms with E-state index in [0.29, 0.717) is 5.13 Å². The van der Waals surface area contributed by atoms with Crippen molar-refractivity contribution in [3.05, 3.63) is 96.1 Å². The summed E-state index contributed by atoms with van der Waals surface area (Å²) < 4.78 is 1.07. The van der Waals surface area contributed by atoms with Crippen LogP contribution in [0.4, 0.5) is 5.13 Å². The molecule has 1 amide bonds. The van der Waals surface area contributed by atoms with Gasteiger partial charge in [0.25, 0.3) is 0 Å². The molecular weight excluding hydrogens is 364 g/mol. The number of amides is 1. The second kappa shape index (κ2) is 7.56. The van der Waals surface area contributed by atoms with Crippen LogP contribution in [0.15, 0.2) is 84.9 Å². The molecule has 0 saturated carbocycles. The Labute approximate surface area is 169 Å². The summed E-state index contributed by atoms with van der Waals surface area (Å²) in [7, 11) is 0. The number of nitrogens with one attached hydrogen (secondary N) is 1. The maximum Gasteiger partial charge on any atom is 0.232 e. The van der Waals surface area contributed by atoms with Crippen LogP contribution in [-0.2, 0) is 4.79 Å². The van der Waals surface area contributed by atoms with E-state index in [2.05, 4.69) is 34.6 Å². The molecule has 0 atom stereocenters. The molecule has 0 aliphatic rings. The van der Waals surface area contributed by atoms with Crippen molar-refractivity contribution in [3.8, 4) is 0 Å². The molecule has 0 spiro atoms. The minimum atomic E-state index is -0.666. The highest BCUT2D eigenvalue weighted by Gasteiger charge is 2.39. The second-order valence-corrected chi connectivity index (χ2v) is 8.45. The summed E-state index contributed by atoms with van der Waals surface area (Å²) in [5, 5.41) is 3.70. The van der Waals surface area contributed by atoms with E-state index in [0.717, 1.165) is 21.3 Å². The lowest BCUT2D eigenvalue weighted by atomic mass is 9.70. The second-order valence-electron chi connectivity index (χ2n) is 7.42. The summed E-state index contributed by atoms with van der Waals surface area (Å²) >= 11 is 1.50. The Balaban J connectivity index is 1.69. The quantitative estimate of drug-likeness (QED) is 0.451. The SMILES string of the molecule is CC(C)(C(=O)Nc1nc2ccccc2s1)C(c1ccccc1)c1ccccc1. The largest absolute Gasteiger partial charge is 0.301 e. The molecule has 0 unspecified atom stereocenters. The van der Waals surface area contributed by atoms with Crippen LogP contribution in [0.1, 0.15) is 30.9 Å². The zero-order chi connectivity index (χ0) is 19.6. The number of para-hydroxylation sites is 1. The Morgan fingerprint density at radius 2 is 1.39 bits per heavy atom. The molecule has 1 heterocycles. The van der Waals surface area contributed by atoms with Crippen molar-refractivity contribution in [2.45, 2.75) is 19.8 Å². The number of fused-ring (bicyclic) bond motifs is 1. The molecule has 140 valence electrons. The van der Waals surface area contributed by atoms with Crippen LogP contribution < -0.4 is 5.32 Å². The van der Waals surface area contributed by atoms with Gasteiger partial charge in [-0.15, -0.1) is 0 Å². The molecule has 0 bridgehead atoms. The molecule has 28 heavy (non-hydrogen) atoms. The van der Waals surface area contributed by atoms with Crippen molar-refractivity contribution >= 4 is 32.6 Å². The predicted octanol–water partition coefficient (Wildman–Crippen LogP) is 6.09. The van der Waals surface area contributed by atoms with Crippen molar-refractivity contribution in [2.24, 2.45) is 5.41 Å². The number of anilines is 1. The number of carbonyl (C=O) groups is 1. The third-order valence-corrected chi connectivity index (χ3v) is 6.04. The zero-order valence-corrected chi connectivity index (χ0v) is 16.7. The van der Waals surface area contributed by atoms with Gasteiger partial charge in [0.15, 0.2) is 5.13 Å². The number of hydrogen-bond donors (Lipinski definition) is 1. The average molecular weight is 387 g/mol. The van der Waals surface area contributed by atoms with Crippen molar-refractivity contribution in [2.75, 3.05) is 5.32 Å². The Bertz CT molecular complexity index is 1010. The summed E-state index contributed by atoms with van der Waals surface area (Å²) in [5.74, 6) is -0.103. The Morgan fingerprint density at radius 3 is 1.96 bits per heavy atom. The van der Waals surface area contributed by atoms with E-state index >= 15 is 0 Å². The van der Waals surface area contributed by atoms with Crippen LogP contribution in [0, 0.1) is 5.41 Å². The lowest BCUT2D eigenvalue weighted by molar-refractivity contribution is -0.124. The Hall–Kier alpha value is -2.98. The molecule has 0 fully saturated rings. The first kappa shape index (κ1) is 18.4. The minimum absolute atomic E-state index is 0.0377. The highest BCUT2D eigenvalue weighted by molar-refractivity contribution is 7.22. The summed E-state index contributed by atoms with van der Waals surface area (Å²) in [5.41, 5.74) is 2.49. The van der Waals surface area contributed by atoms with Gasteiger partial charge in [0.2, 0.25) is 5.91 Å². The van der Waals surface area contributed by atoms with Crippen LogP contribution in [0.3, 0.4) is 0 Å². The molecule has 0 aliphatic heterocycles. The molecule has 0 radical (unpaired) electrons. The summed E-state index contributed by atoms with van der Waals surface area (Å²) in [4.78, 5) is 17.9. The van der Waals surface area contributed by atoms with E-state index in [1.54, 1.807) is 0 Å². The van der Waals surface area contributed by atoms with Gasteiger partial charge < -0.3 is 5.32 Å². The zero-order valence-electron chi connectivity index (χ0n) is 15.9. The van der Waals surface area contributed by atoms with E-state index in [9.17, 15) is 4.79 Å². The van der Waals surface area contributed by atoms with E-state index in [1.165, 1.54) is 11.3 Å². The summed E-state index contributed by atoms with van der Waals surface area (Å²) in [6, 6.07) is 28.4. The van der Waals surface area contributed by atoms with Gasteiger partial charge in [-0.3, -0.25) is 4.79 Å². The molecule has 4 aromatic rings. The number of carbonyl (C=O) groups excluding carboxylic acids is 1. The van der Waals surface area contributed by atoms with Gasteiger partial charge in [-0.2, -0.15) is 0 Å². The maximum absolute atomic E-state index is 13.4. The molecule has 0 aliphatic carbocycles. The van der Waals surface area contributed by atoms with Gasteiger partial charge in [0.1, 0.15) is 0 Å². The first-order valence-electron chi connectivity index (χ1n) is 9.32. The van der Waals surface area contributed by atoms with Crippen molar-refractivity contribution < 1.29 is 4.79 Å². The van der Waals surface area contributed by atoms with Crippen LogP contribution in [-0.4, -0.2) is 10.9 Å². The Kier molecular flexibility index (Phi) is 4.97. The fourth-order valence-electron chi connectivity index (χ4n) is 3.63. The van der Waals surface area contributed by atoms with E-state index < -0.39 is 5.41 Å². The first-order valence-corrected chi connectivity index (χ1v) is 10.1. The normalized spacial score (nSPS) is 11.7. The third-order valence-electron chi connectivity index (χ3n) is 5.09. The molecule has 3 nitrogen and oxygen atoms in total. The summed E-state index contributed by atoms with van der Waals surface area (Å²) in [6.07, 6.45) is 0. The van der Waals surface area contributed by atoms with Crippen LogP contribution >= 0.6 is 11.3 Å². The van der Waals surface area contributed by atoms with E-state index in [-0.39, 0.29) is 11.8 Å². The van der Waals surface area contributed by atoms with Gasteiger partial charge in [-0.25, -0.2) is 4.98 Å². The molecular formula is C24H22N2OS. The van der Waals surface area contributed by atoms with Gasteiger partial charge in [-0.05, 0) is 23.3 Å². The number of hydrogen-bond acceptors (Lipinski definition) is 3. The summed E-state index contributed by atoms with van der Waals surface area (Å²) in [6.45, 7) is 4.00. The van der Waals surface area contributed by atoms with E-state index in [4.69, 9.17) is 0 Å². The third kappa shape index (κ3) is 3.56. The molecule has 1 aromatic heterocycles. The standard InChI is InChI=1S/C24H22N2OS/c1-24(2,22(27)26-23-25-19-15-9-10-16-20(19)28-23)21(17-11-5-3-6-12-17)18-13-7-4-8-14-18/h3-16,21H,1-2H3,(H,25,26,27). The van der Waals surface area contributed by atoms with Gasteiger partial charge in [0.05, 0.1) is 15.6 Å². The lowest BCUT2D eigenvalue weighted by Gasteiger charge is -2.33. The number of nitrogens with zero attached hydrogens (tertiary/aromatic N) is 1. The fraction of sp³-hybridized carbons (Fsp3) is 0.167. The van der Waals surface area contributed by atoms with Crippen LogP contribution in [0.25, 0.3) is 10.2 Å². The molecule has 0 saturated heterocycles. The Morgan fingerprint density at radius 1 is 0.857 bits per heavy atom. The monoisotopic (exact) mass is 386 g/mol. The van der Waals surface area contributed by atoms with Crippen molar-refractivity contribution in [3.63, 3.8) is 0 Å². The first-order chi connectivity index (χ1) is 13.6. The number of benzene rings is 3. The van der Waals surface area contributed by atoms with Crippen LogP contribution in [0.5, 0.6) is 0 Å². The number of thiazole rings is 1. The number of rotatable bonds is 5. The molecule has 3 aromatic carbocycles. The average Bonchev–Trinajstić information content (AvgIpc) is 3.12. The highest BCUT2D eigenvalue weighted by atomic mass is 32.1. The molecule has 4 heteroatoms. The van der Waals surface area contributed by atoms with Gasteiger partial charge in [-0.1, -0.05) is 98.0 Å². The van der Waals surface area contributed by atoms with Crippen molar-refractivity contribution in [1.29, 1.82) is 0 Å².